The van der Waals surface area contributed by atoms with Gasteiger partial charge in [-0.1, -0.05) is 32.6 Å². The number of nitrogens with one attached hydrogen (secondary N) is 1. The summed E-state index contributed by atoms with van der Waals surface area (Å²) in [6.07, 6.45) is 3.18. The lowest BCUT2D eigenvalue weighted by Gasteiger charge is -2.16. The van der Waals surface area contributed by atoms with Gasteiger partial charge in [-0.25, -0.2) is 0 Å². The molecular formula is C15H21N3O. The highest BCUT2D eigenvalue weighted by Crippen LogP contribution is 2.09. The monoisotopic (exact) mass is 259 g/mol. The van der Waals surface area contributed by atoms with Crippen LogP contribution in [0.25, 0.3) is 0 Å². The highest BCUT2D eigenvalue weighted by Gasteiger charge is 2.12. The lowest BCUT2D eigenvalue weighted by Crippen LogP contribution is -2.30. The van der Waals surface area contributed by atoms with Crippen molar-refractivity contribution in [3.05, 3.63) is 29.6 Å². The van der Waals surface area contributed by atoms with Crippen molar-refractivity contribution in [1.82, 2.24) is 10.3 Å². The molecule has 1 aromatic rings. The van der Waals surface area contributed by atoms with E-state index < -0.39 is 0 Å². The Bertz CT molecular complexity index is 486. The second kappa shape index (κ2) is 7.55. The van der Waals surface area contributed by atoms with Gasteiger partial charge in [-0.05, 0) is 17.9 Å². The van der Waals surface area contributed by atoms with Gasteiger partial charge in [-0.15, -0.1) is 0 Å². The zero-order valence-electron chi connectivity index (χ0n) is 11.7. The highest BCUT2D eigenvalue weighted by molar-refractivity contribution is 5.96. The third kappa shape index (κ3) is 4.72. The number of amides is 1. The molecule has 0 aliphatic heterocycles. The maximum Gasteiger partial charge on any atom is 0.252 e. The fraction of sp³-hybridized carbons (Fsp3) is 0.467. The lowest BCUT2D eigenvalue weighted by atomic mass is 9.98. The number of carbonyl (C=O) groups is 1. The van der Waals surface area contributed by atoms with Crippen molar-refractivity contribution in [1.29, 1.82) is 0 Å². The third-order valence-electron chi connectivity index (χ3n) is 3.11. The number of nitrogens with zero attached hydrogens (tertiary/aromatic N) is 1. The molecule has 3 N–H and O–H groups in total. The summed E-state index contributed by atoms with van der Waals surface area (Å²) in [7, 11) is 0. The maximum absolute atomic E-state index is 12.1. The molecule has 0 aliphatic carbocycles. The topological polar surface area (TPSA) is 68.0 Å². The molecule has 0 bridgehead atoms. The molecule has 0 aromatic carbocycles. The standard InChI is InChI=1S/C15H21N3O/c1-11(2)12(3)9-18-15(19)14-6-8-17-10-13(14)5-4-7-16/h6,8,10-12H,7,9,16H2,1-3H3,(H,18,19). The van der Waals surface area contributed by atoms with Gasteiger partial charge < -0.3 is 11.1 Å². The van der Waals surface area contributed by atoms with E-state index in [2.05, 4.69) is 42.9 Å². The van der Waals surface area contributed by atoms with Crippen molar-refractivity contribution in [2.75, 3.05) is 13.1 Å². The Morgan fingerprint density at radius 2 is 2.21 bits per heavy atom. The van der Waals surface area contributed by atoms with Crippen molar-refractivity contribution < 1.29 is 4.79 Å². The van der Waals surface area contributed by atoms with Crippen LogP contribution in [0.5, 0.6) is 0 Å². The minimum Gasteiger partial charge on any atom is -0.352 e. The Balaban J connectivity index is 2.77. The third-order valence-corrected chi connectivity index (χ3v) is 3.11. The number of rotatable bonds is 4. The molecular weight excluding hydrogens is 238 g/mol. The van der Waals surface area contributed by atoms with Crippen molar-refractivity contribution in [2.45, 2.75) is 20.8 Å². The van der Waals surface area contributed by atoms with Gasteiger partial charge in [0.15, 0.2) is 0 Å². The molecule has 102 valence electrons. The Morgan fingerprint density at radius 3 is 2.84 bits per heavy atom. The van der Waals surface area contributed by atoms with Crippen LogP contribution in [0.2, 0.25) is 0 Å². The molecule has 0 saturated heterocycles. The van der Waals surface area contributed by atoms with Crippen molar-refractivity contribution in [3.63, 3.8) is 0 Å². The number of aromatic nitrogens is 1. The van der Waals surface area contributed by atoms with Gasteiger partial charge >= 0.3 is 0 Å². The van der Waals surface area contributed by atoms with Gasteiger partial charge in [-0.2, -0.15) is 0 Å². The van der Waals surface area contributed by atoms with Gasteiger partial charge in [0, 0.05) is 18.9 Å². The zero-order valence-corrected chi connectivity index (χ0v) is 11.7. The molecule has 19 heavy (non-hydrogen) atoms. The average Bonchev–Trinajstić information content (AvgIpc) is 2.42. The highest BCUT2D eigenvalue weighted by atomic mass is 16.1. The SMILES string of the molecule is CC(C)C(C)CNC(=O)c1ccncc1C#CCN. The first-order chi connectivity index (χ1) is 9.06. The van der Waals surface area contributed by atoms with E-state index in [1.165, 1.54) is 0 Å². The molecule has 1 aromatic heterocycles. The Kier molecular flexibility index (Phi) is 6.04. The summed E-state index contributed by atoms with van der Waals surface area (Å²) >= 11 is 0. The minimum absolute atomic E-state index is 0.115. The number of carbonyl (C=O) groups excluding carboxylic acids is 1. The Labute approximate surface area is 114 Å². The summed E-state index contributed by atoms with van der Waals surface area (Å²) in [4.78, 5) is 16.1. The first-order valence-electron chi connectivity index (χ1n) is 6.47. The van der Waals surface area contributed by atoms with Crippen LogP contribution in [-0.4, -0.2) is 24.0 Å². The van der Waals surface area contributed by atoms with Crippen LogP contribution in [0, 0.1) is 23.7 Å². The number of nitrogens with two attached hydrogens (primary N) is 1. The van der Waals surface area contributed by atoms with E-state index in [4.69, 9.17) is 5.73 Å². The number of hydrogen-bond donors (Lipinski definition) is 2. The fourth-order valence-corrected chi connectivity index (χ4v) is 1.42. The summed E-state index contributed by atoms with van der Waals surface area (Å²) in [6.45, 7) is 7.32. The predicted octanol–water partition coefficient (Wildman–Crippen LogP) is 1.41. The summed E-state index contributed by atoms with van der Waals surface area (Å²) in [6, 6.07) is 1.68. The van der Waals surface area contributed by atoms with Gasteiger partial charge in [0.05, 0.1) is 17.7 Å². The van der Waals surface area contributed by atoms with Gasteiger partial charge in [-0.3, -0.25) is 9.78 Å². The summed E-state index contributed by atoms with van der Waals surface area (Å²) in [5.41, 5.74) is 6.50. The second-order valence-electron chi connectivity index (χ2n) is 4.86. The molecule has 1 unspecified atom stereocenters. The first kappa shape index (κ1) is 15.2. The van der Waals surface area contributed by atoms with Crippen LogP contribution in [0.4, 0.5) is 0 Å². The normalized spacial score (nSPS) is 11.6. The molecule has 1 rings (SSSR count). The van der Waals surface area contributed by atoms with Crippen LogP contribution < -0.4 is 11.1 Å². The molecule has 1 atom stereocenters. The molecule has 1 heterocycles. The van der Waals surface area contributed by atoms with Crippen LogP contribution in [0.1, 0.15) is 36.7 Å². The zero-order chi connectivity index (χ0) is 14.3. The van der Waals surface area contributed by atoms with Gasteiger partial charge in [0.25, 0.3) is 5.91 Å². The van der Waals surface area contributed by atoms with Crippen LogP contribution in [-0.2, 0) is 0 Å². The van der Waals surface area contributed by atoms with Crippen molar-refractivity contribution in [3.8, 4) is 11.8 Å². The van der Waals surface area contributed by atoms with Crippen LogP contribution in [0.3, 0.4) is 0 Å². The number of pyridine rings is 1. The Morgan fingerprint density at radius 1 is 1.47 bits per heavy atom. The Hall–Kier alpha value is -1.86. The van der Waals surface area contributed by atoms with Crippen LogP contribution >= 0.6 is 0 Å². The largest absolute Gasteiger partial charge is 0.352 e. The van der Waals surface area contributed by atoms with Gasteiger partial charge in [0.2, 0.25) is 0 Å². The lowest BCUT2D eigenvalue weighted by molar-refractivity contribution is 0.0944. The molecule has 0 saturated carbocycles. The maximum atomic E-state index is 12.1. The molecule has 0 aliphatic rings. The molecule has 0 spiro atoms. The average molecular weight is 259 g/mol. The van der Waals surface area contributed by atoms with E-state index >= 15 is 0 Å². The summed E-state index contributed by atoms with van der Waals surface area (Å²) in [5.74, 6) is 6.46. The van der Waals surface area contributed by atoms with Gasteiger partial charge in [0.1, 0.15) is 0 Å². The molecule has 0 fully saturated rings. The smallest absolute Gasteiger partial charge is 0.252 e. The fourth-order valence-electron chi connectivity index (χ4n) is 1.42. The van der Waals surface area contributed by atoms with E-state index in [1.807, 2.05) is 0 Å². The predicted molar refractivity (Wildman–Crippen MR) is 76.5 cm³/mol. The summed E-state index contributed by atoms with van der Waals surface area (Å²) < 4.78 is 0. The van der Waals surface area contributed by atoms with Crippen LogP contribution in [0.15, 0.2) is 18.5 Å². The number of hydrogen-bond acceptors (Lipinski definition) is 3. The molecule has 4 nitrogen and oxygen atoms in total. The van der Waals surface area contributed by atoms with Crippen molar-refractivity contribution >= 4 is 5.91 Å². The van der Waals surface area contributed by atoms with Crippen molar-refractivity contribution in [2.24, 2.45) is 17.6 Å². The summed E-state index contributed by atoms with van der Waals surface area (Å²) in [5, 5.41) is 2.93. The molecule has 1 amide bonds. The van der Waals surface area contributed by atoms with E-state index in [9.17, 15) is 4.79 Å². The molecule has 4 heteroatoms. The van der Waals surface area contributed by atoms with E-state index in [-0.39, 0.29) is 12.5 Å². The first-order valence-corrected chi connectivity index (χ1v) is 6.47. The molecule has 0 radical (unpaired) electrons. The minimum atomic E-state index is -0.115. The van der Waals surface area contributed by atoms with E-state index in [0.717, 1.165) is 0 Å². The quantitative estimate of drug-likeness (QED) is 0.803. The second-order valence-corrected chi connectivity index (χ2v) is 4.86. The van der Waals surface area contributed by atoms with E-state index in [0.29, 0.717) is 29.5 Å². The van der Waals surface area contributed by atoms with E-state index in [1.54, 1.807) is 18.5 Å².